The second-order valence-corrected chi connectivity index (χ2v) is 8.29. The number of fused-ring (bicyclic) bond motifs is 1. The highest BCUT2D eigenvalue weighted by molar-refractivity contribution is 5.97. The number of hydrogen-bond donors (Lipinski definition) is 1. The summed E-state index contributed by atoms with van der Waals surface area (Å²) in [4.78, 5) is 27.4. The molecule has 36 heavy (non-hydrogen) atoms. The predicted octanol–water partition coefficient (Wildman–Crippen LogP) is 3.42. The van der Waals surface area contributed by atoms with Crippen molar-refractivity contribution in [1.82, 2.24) is 20.0 Å². The van der Waals surface area contributed by atoms with Gasteiger partial charge in [-0.2, -0.15) is 5.10 Å². The molecule has 1 aliphatic heterocycles. The van der Waals surface area contributed by atoms with Gasteiger partial charge in [0.1, 0.15) is 11.5 Å². The van der Waals surface area contributed by atoms with Gasteiger partial charge in [-0.25, -0.2) is 13.2 Å². The number of aromatic nitrogens is 2. The highest BCUT2D eigenvalue weighted by Crippen LogP contribution is 2.41. The third-order valence-electron chi connectivity index (χ3n) is 6.07. The van der Waals surface area contributed by atoms with Crippen molar-refractivity contribution in [2.24, 2.45) is 7.05 Å². The van der Waals surface area contributed by atoms with E-state index in [1.807, 2.05) is 6.07 Å². The Morgan fingerprint density at radius 3 is 2.56 bits per heavy atom. The Morgan fingerprint density at radius 1 is 1.17 bits per heavy atom. The number of aryl methyl sites for hydroxylation is 1. The fourth-order valence-corrected chi connectivity index (χ4v) is 4.45. The van der Waals surface area contributed by atoms with Gasteiger partial charge in [0.05, 0.1) is 32.4 Å². The SMILES string of the molecule is COc1cc2c(cc1OC)C(c1cccc(F)c1)N(C(=O)CNC(=O)c1cn(C)nc1C(F)F)CC2. The van der Waals surface area contributed by atoms with Crippen molar-refractivity contribution in [3.05, 3.63) is 76.4 Å². The first kappa shape index (κ1) is 25.1. The van der Waals surface area contributed by atoms with Gasteiger partial charge < -0.3 is 19.7 Å². The molecule has 1 aromatic heterocycles. The highest BCUT2D eigenvalue weighted by atomic mass is 19.3. The summed E-state index contributed by atoms with van der Waals surface area (Å²) in [7, 11) is 4.44. The van der Waals surface area contributed by atoms with Crippen LogP contribution in [0.2, 0.25) is 0 Å². The normalized spacial score (nSPS) is 15.0. The summed E-state index contributed by atoms with van der Waals surface area (Å²) in [6.45, 7) is -0.154. The fraction of sp³-hybridized carbons (Fsp3) is 0.320. The number of ether oxygens (including phenoxy) is 2. The summed E-state index contributed by atoms with van der Waals surface area (Å²) in [6, 6.07) is 8.85. The van der Waals surface area contributed by atoms with Crippen molar-refractivity contribution in [1.29, 1.82) is 0 Å². The van der Waals surface area contributed by atoms with Gasteiger partial charge in [-0.1, -0.05) is 12.1 Å². The molecule has 0 radical (unpaired) electrons. The van der Waals surface area contributed by atoms with Crippen LogP contribution in [0.3, 0.4) is 0 Å². The van der Waals surface area contributed by atoms with E-state index in [0.29, 0.717) is 23.5 Å². The lowest BCUT2D eigenvalue weighted by Crippen LogP contribution is -2.45. The monoisotopic (exact) mass is 502 g/mol. The zero-order valence-corrected chi connectivity index (χ0v) is 19.9. The van der Waals surface area contributed by atoms with E-state index in [1.54, 1.807) is 18.2 Å². The van der Waals surface area contributed by atoms with Crippen molar-refractivity contribution in [2.45, 2.75) is 18.9 Å². The van der Waals surface area contributed by atoms with Crippen LogP contribution in [0.1, 0.15) is 45.2 Å². The average Bonchev–Trinajstić information content (AvgIpc) is 3.27. The number of halogens is 3. The van der Waals surface area contributed by atoms with Gasteiger partial charge in [-0.3, -0.25) is 14.3 Å². The highest BCUT2D eigenvalue weighted by Gasteiger charge is 2.34. The minimum Gasteiger partial charge on any atom is -0.493 e. The van der Waals surface area contributed by atoms with E-state index in [0.717, 1.165) is 15.8 Å². The molecule has 0 saturated carbocycles. The molecule has 0 spiro atoms. The maximum Gasteiger partial charge on any atom is 0.282 e. The van der Waals surface area contributed by atoms with E-state index in [9.17, 15) is 22.8 Å². The van der Waals surface area contributed by atoms with Crippen molar-refractivity contribution in [3.8, 4) is 11.5 Å². The molecule has 2 aromatic carbocycles. The largest absolute Gasteiger partial charge is 0.493 e. The Bertz CT molecular complexity index is 1290. The second-order valence-electron chi connectivity index (χ2n) is 8.29. The maximum absolute atomic E-state index is 14.2. The van der Waals surface area contributed by atoms with Gasteiger partial charge in [0.15, 0.2) is 11.5 Å². The first-order valence-electron chi connectivity index (χ1n) is 11.1. The zero-order valence-electron chi connectivity index (χ0n) is 19.9. The summed E-state index contributed by atoms with van der Waals surface area (Å²) in [5, 5.41) is 6.03. The van der Waals surface area contributed by atoms with E-state index in [4.69, 9.17) is 9.47 Å². The molecule has 11 heteroatoms. The number of carbonyl (C=O) groups is 2. The molecule has 0 saturated heterocycles. The van der Waals surface area contributed by atoms with Crippen LogP contribution in [0.15, 0.2) is 42.6 Å². The van der Waals surface area contributed by atoms with Crippen LogP contribution in [-0.2, 0) is 18.3 Å². The Balaban J connectivity index is 1.64. The third-order valence-corrected chi connectivity index (χ3v) is 6.07. The molecule has 2 amide bonds. The molecule has 0 bridgehead atoms. The average molecular weight is 502 g/mol. The molecule has 1 N–H and O–H groups in total. The van der Waals surface area contributed by atoms with Crippen LogP contribution in [0.4, 0.5) is 13.2 Å². The molecule has 0 aliphatic carbocycles. The number of alkyl halides is 2. The summed E-state index contributed by atoms with van der Waals surface area (Å²) >= 11 is 0. The van der Waals surface area contributed by atoms with Gasteiger partial charge >= 0.3 is 0 Å². The number of carbonyl (C=O) groups excluding carboxylic acids is 2. The van der Waals surface area contributed by atoms with E-state index in [1.165, 1.54) is 44.5 Å². The second kappa shape index (κ2) is 10.3. The molecule has 3 aromatic rings. The molecule has 1 atom stereocenters. The lowest BCUT2D eigenvalue weighted by Gasteiger charge is -2.38. The molecular weight excluding hydrogens is 477 g/mol. The zero-order chi connectivity index (χ0) is 26.0. The van der Waals surface area contributed by atoms with Gasteiger partial charge in [0.25, 0.3) is 12.3 Å². The van der Waals surface area contributed by atoms with E-state index >= 15 is 0 Å². The van der Waals surface area contributed by atoms with Crippen molar-refractivity contribution < 1.29 is 32.2 Å². The number of nitrogens with zero attached hydrogens (tertiary/aromatic N) is 3. The lowest BCUT2D eigenvalue weighted by atomic mass is 9.87. The summed E-state index contributed by atoms with van der Waals surface area (Å²) in [5.74, 6) is -0.765. The lowest BCUT2D eigenvalue weighted by molar-refractivity contribution is -0.132. The molecule has 2 heterocycles. The standard InChI is InChI=1S/C25H25F3N4O4/c1-31-13-18(22(30-31)24(27)28)25(34)29-12-21(33)32-8-7-14-10-19(35-2)20(36-3)11-17(14)23(32)15-5-4-6-16(26)9-15/h4-6,9-11,13,23-24H,7-8,12H2,1-3H3,(H,29,34). The number of methoxy groups -OCH3 is 2. The Labute approximate surface area is 205 Å². The first-order chi connectivity index (χ1) is 17.2. The van der Waals surface area contributed by atoms with E-state index in [-0.39, 0.29) is 12.1 Å². The fourth-order valence-electron chi connectivity index (χ4n) is 4.45. The summed E-state index contributed by atoms with van der Waals surface area (Å²) in [6.07, 6.45) is -1.28. The molecule has 1 aliphatic rings. The molecule has 0 fully saturated rings. The van der Waals surface area contributed by atoms with Gasteiger partial charge in [-0.05, 0) is 47.4 Å². The van der Waals surface area contributed by atoms with Gasteiger partial charge in [0.2, 0.25) is 5.91 Å². The van der Waals surface area contributed by atoms with Crippen molar-refractivity contribution >= 4 is 11.8 Å². The Kier molecular flexibility index (Phi) is 7.18. The molecule has 8 nitrogen and oxygen atoms in total. The smallest absolute Gasteiger partial charge is 0.282 e. The van der Waals surface area contributed by atoms with Crippen molar-refractivity contribution in [3.63, 3.8) is 0 Å². The number of benzene rings is 2. The van der Waals surface area contributed by atoms with Crippen LogP contribution in [-0.4, -0.2) is 53.8 Å². The number of hydrogen-bond acceptors (Lipinski definition) is 5. The summed E-state index contributed by atoms with van der Waals surface area (Å²) in [5.41, 5.74) is 1.22. The van der Waals surface area contributed by atoms with Crippen LogP contribution < -0.4 is 14.8 Å². The van der Waals surface area contributed by atoms with Crippen LogP contribution in [0.5, 0.6) is 11.5 Å². The summed E-state index contributed by atoms with van der Waals surface area (Å²) < 4.78 is 52.6. The number of amides is 2. The molecule has 190 valence electrons. The predicted molar refractivity (Wildman–Crippen MR) is 124 cm³/mol. The van der Waals surface area contributed by atoms with Crippen LogP contribution >= 0.6 is 0 Å². The van der Waals surface area contributed by atoms with E-state index in [2.05, 4.69) is 10.4 Å². The van der Waals surface area contributed by atoms with E-state index < -0.39 is 42.3 Å². The van der Waals surface area contributed by atoms with Crippen LogP contribution in [0, 0.1) is 5.82 Å². The third kappa shape index (κ3) is 4.86. The first-order valence-corrected chi connectivity index (χ1v) is 11.1. The number of nitrogens with one attached hydrogen (secondary N) is 1. The van der Waals surface area contributed by atoms with Gasteiger partial charge in [-0.15, -0.1) is 0 Å². The number of rotatable bonds is 7. The minimum absolute atomic E-state index is 0.285. The Morgan fingerprint density at radius 2 is 1.89 bits per heavy atom. The maximum atomic E-state index is 14.2. The minimum atomic E-state index is -2.94. The quantitative estimate of drug-likeness (QED) is 0.535. The van der Waals surface area contributed by atoms with Crippen molar-refractivity contribution in [2.75, 3.05) is 27.3 Å². The topological polar surface area (TPSA) is 85.7 Å². The molecule has 1 unspecified atom stereocenters. The molecule has 4 rings (SSSR count). The van der Waals surface area contributed by atoms with Gasteiger partial charge in [0, 0.05) is 19.8 Å². The van der Waals surface area contributed by atoms with Crippen LogP contribution in [0.25, 0.3) is 0 Å². The molecular formula is C25H25F3N4O4. The Hall–Kier alpha value is -4.02.